The van der Waals surface area contributed by atoms with Gasteiger partial charge in [0.25, 0.3) is 5.91 Å². The summed E-state index contributed by atoms with van der Waals surface area (Å²) in [6.45, 7) is 0.0312. The van der Waals surface area contributed by atoms with E-state index in [1.54, 1.807) is 19.1 Å². The molecule has 0 radical (unpaired) electrons. The third kappa shape index (κ3) is 5.23. The summed E-state index contributed by atoms with van der Waals surface area (Å²) in [6, 6.07) is 9.03. The number of ether oxygens (including phenoxy) is 1. The predicted molar refractivity (Wildman–Crippen MR) is 89.7 cm³/mol. The topological polar surface area (TPSA) is 67.4 Å². The molecule has 0 aliphatic heterocycles. The van der Waals surface area contributed by atoms with Crippen LogP contribution in [0.1, 0.15) is 35.8 Å². The van der Waals surface area contributed by atoms with Gasteiger partial charge in [-0.3, -0.25) is 9.59 Å². The highest BCUT2D eigenvalue weighted by atomic mass is 19.3. The number of rotatable bonds is 6. The van der Waals surface area contributed by atoms with Gasteiger partial charge in [-0.25, -0.2) is 4.39 Å². The second kappa shape index (κ2) is 8.37. The Hall–Kier alpha value is -3.03. The standard InChI is InChI=1S/C18H17F3N2O3/c1-10(12-3-6-14(7-4-12)26-18(20)21)22-17(25)13-5-8-15(19)16(9-13)23-11(2)24/h3-10,18H,1-2H3,(H,22,25)(H,23,24). The molecule has 0 bridgehead atoms. The molecular weight excluding hydrogens is 349 g/mol. The van der Waals surface area contributed by atoms with Crippen LogP contribution in [0.5, 0.6) is 5.75 Å². The van der Waals surface area contributed by atoms with Gasteiger partial charge in [-0.1, -0.05) is 12.1 Å². The van der Waals surface area contributed by atoms with Crippen LogP contribution in [-0.4, -0.2) is 18.4 Å². The van der Waals surface area contributed by atoms with E-state index in [9.17, 15) is 22.8 Å². The third-order valence-corrected chi connectivity index (χ3v) is 3.49. The zero-order valence-electron chi connectivity index (χ0n) is 14.1. The molecule has 2 aromatic rings. The number of hydrogen-bond acceptors (Lipinski definition) is 3. The van der Waals surface area contributed by atoms with Crippen molar-refractivity contribution in [2.75, 3.05) is 5.32 Å². The fraction of sp³-hybridized carbons (Fsp3) is 0.222. The van der Waals surface area contributed by atoms with E-state index in [4.69, 9.17) is 0 Å². The summed E-state index contributed by atoms with van der Waals surface area (Å²) in [5, 5.41) is 5.02. The predicted octanol–water partition coefficient (Wildman–Crippen LogP) is 3.88. The summed E-state index contributed by atoms with van der Waals surface area (Å²) in [7, 11) is 0. The smallest absolute Gasteiger partial charge is 0.387 e. The number of nitrogens with one attached hydrogen (secondary N) is 2. The van der Waals surface area contributed by atoms with Gasteiger partial charge in [0.05, 0.1) is 11.7 Å². The Morgan fingerprint density at radius 2 is 1.73 bits per heavy atom. The second-order valence-electron chi connectivity index (χ2n) is 5.52. The molecule has 26 heavy (non-hydrogen) atoms. The van der Waals surface area contributed by atoms with E-state index in [1.807, 2.05) is 0 Å². The monoisotopic (exact) mass is 366 g/mol. The van der Waals surface area contributed by atoms with E-state index in [-0.39, 0.29) is 17.0 Å². The van der Waals surface area contributed by atoms with Gasteiger partial charge in [-0.05, 0) is 42.8 Å². The highest BCUT2D eigenvalue weighted by Gasteiger charge is 2.14. The van der Waals surface area contributed by atoms with Gasteiger partial charge in [0.15, 0.2) is 0 Å². The highest BCUT2D eigenvalue weighted by molar-refractivity contribution is 5.97. The fourth-order valence-electron chi connectivity index (χ4n) is 2.25. The van der Waals surface area contributed by atoms with E-state index in [2.05, 4.69) is 15.4 Å². The lowest BCUT2D eigenvalue weighted by Gasteiger charge is -2.15. The van der Waals surface area contributed by atoms with Crippen LogP contribution in [0.25, 0.3) is 0 Å². The number of carbonyl (C=O) groups excluding carboxylic acids is 2. The van der Waals surface area contributed by atoms with Gasteiger partial charge in [0, 0.05) is 12.5 Å². The van der Waals surface area contributed by atoms with Crippen LogP contribution in [0.2, 0.25) is 0 Å². The van der Waals surface area contributed by atoms with E-state index in [0.29, 0.717) is 5.56 Å². The van der Waals surface area contributed by atoms with E-state index in [1.165, 1.54) is 31.2 Å². The van der Waals surface area contributed by atoms with Crippen LogP contribution in [-0.2, 0) is 4.79 Å². The molecule has 1 atom stereocenters. The Morgan fingerprint density at radius 1 is 1.08 bits per heavy atom. The maximum Gasteiger partial charge on any atom is 0.387 e. The molecule has 2 amide bonds. The number of anilines is 1. The molecular formula is C18H17F3N2O3. The molecule has 0 aromatic heterocycles. The summed E-state index contributed by atoms with van der Waals surface area (Å²) in [5.41, 5.74) is 0.745. The number of alkyl halides is 2. The number of amides is 2. The van der Waals surface area contributed by atoms with Crippen LogP contribution < -0.4 is 15.4 Å². The summed E-state index contributed by atoms with van der Waals surface area (Å²) in [6.07, 6.45) is 0. The van der Waals surface area contributed by atoms with Crippen molar-refractivity contribution in [3.8, 4) is 5.75 Å². The van der Waals surface area contributed by atoms with Crippen LogP contribution >= 0.6 is 0 Å². The van der Waals surface area contributed by atoms with Crippen molar-refractivity contribution in [1.29, 1.82) is 0 Å². The molecule has 5 nitrogen and oxygen atoms in total. The SMILES string of the molecule is CC(=O)Nc1cc(C(=O)NC(C)c2ccc(OC(F)F)cc2)ccc1F. The summed E-state index contributed by atoms with van der Waals surface area (Å²) in [4.78, 5) is 23.4. The van der Waals surface area contributed by atoms with Crippen LogP contribution in [0.15, 0.2) is 42.5 Å². The number of carbonyl (C=O) groups is 2. The largest absolute Gasteiger partial charge is 0.435 e. The number of hydrogen-bond donors (Lipinski definition) is 2. The van der Waals surface area contributed by atoms with Crippen molar-refractivity contribution in [3.05, 3.63) is 59.4 Å². The molecule has 8 heteroatoms. The molecule has 138 valence electrons. The highest BCUT2D eigenvalue weighted by Crippen LogP contribution is 2.21. The molecule has 0 aliphatic rings. The van der Waals surface area contributed by atoms with Crippen molar-refractivity contribution in [1.82, 2.24) is 5.32 Å². The van der Waals surface area contributed by atoms with Crippen LogP contribution in [0, 0.1) is 5.82 Å². The minimum atomic E-state index is -2.91. The first kappa shape index (κ1) is 19.3. The lowest BCUT2D eigenvalue weighted by Crippen LogP contribution is -2.26. The molecule has 0 aliphatic carbocycles. The molecule has 0 saturated carbocycles. The first-order chi connectivity index (χ1) is 12.3. The summed E-state index contributed by atoms with van der Waals surface area (Å²) >= 11 is 0. The molecule has 2 aromatic carbocycles. The lowest BCUT2D eigenvalue weighted by molar-refractivity contribution is -0.114. The normalized spacial score (nSPS) is 11.8. The second-order valence-corrected chi connectivity index (χ2v) is 5.52. The zero-order chi connectivity index (χ0) is 19.3. The first-order valence-electron chi connectivity index (χ1n) is 7.69. The summed E-state index contributed by atoms with van der Waals surface area (Å²) in [5.74, 6) is -1.57. The van der Waals surface area contributed by atoms with Crippen molar-refractivity contribution in [2.45, 2.75) is 26.5 Å². The Kier molecular flexibility index (Phi) is 6.21. The van der Waals surface area contributed by atoms with E-state index in [0.717, 1.165) is 6.07 Å². The molecule has 1 unspecified atom stereocenters. The molecule has 2 rings (SSSR count). The zero-order valence-corrected chi connectivity index (χ0v) is 14.1. The van der Waals surface area contributed by atoms with Gasteiger partial charge in [-0.2, -0.15) is 8.78 Å². The minimum Gasteiger partial charge on any atom is -0.435 e. The van der Waals surface area contributed by atoms with Gasteiger partial charge < -0.3 is 15.4 Å². The molecule has 0 heterocycles. The van der Waals surface area contributed by atoms with Crippen LogP contribution in [0.4, 0.5) is 18.9 Å². The maximum atomic E-state index is 13.6. The molecule has 2 N–H and O–H groups in total. The lowest BCUT2D eigenvalue weighted by atomic mass is 10.1. The van der Waals surface area contributed by atoms with Crippen LogP contribution in [0.3, 0.4) is 0 Å². The Labute approximate surface area is 148 Å². The Morgan fingerprint density at radius 3 is 2.31 bits per heavy atom. The average Bonchev–Trinajstić information content (AvgIpc) is 2.56. The van der Waals surface area contributed by atoms with E-state index < -0.39 is 30.3 Å². The minimum absolute atomic E-state index is 0.0146. The van der Waals surface area contributed by atoms with Gasteiger partial charge in [0.1, 0.15) is 11.6 Å². The quantitative estimate of drug-likeness (QED) is 0.815. The number of benzene rings is 2. The van der Waals surface area contributed by atoms with Gasteiger partial charge in [0.2, 0.25) is 5.91 Å². The number of halogens is 3. The molecule has 0 spiro atoms. The Bertz CT molecular complexity index is 795. The van der Waals surface area contributed by atoms with E-state index >= 15 is 0 Å². The fourth-order valence-corrected chi connectivity index (χ4v) is 2.25. The van der Waals surface area contributed by atoms with Gasteiger partial charge in [-0.15, -0.1) is 0 Å². The van der Waals surface area contributed by atoms with Crippen molar-refractivity contribution in [3.63, 3.8) is 0 Å². The van der Waals surface area contributed by atoms with Crippen molar-refractivity contribution in [2.24, 2.45) is 0 Å². The first-order valence-corrected chi connectivity index (χ1v) is 7.69. The van der Waals surface area contributed by atoms with Crippen molar-refractivity contribution < 1.29 is 27.5 Å². The molecule has 0 saturated heterocycles. The molecule has 0 fully saturated rings. The van der Waals surface area contributed by atoms with Crippen molar-refractivity contribution >= 4 is 17.5 Å². The van der Waals surface area contributed by atoms with Gasteiger partial charge >= 0.3 is 6.61 Å². The maximum absolute atomic E-state index is 13.6. The average molecular weight is 366 g/mol. The third-order valence-electron chi connectivity index (χ3n) is 3.49. The Balaban J connectivity index is 2.08. The summed E-state index contributed by atoms with van der Waals surface area (Å²) < 4.78 is 42.2.